The van der Waals surface area contributed by atoms with E-state index in [1.54, 1.807) is 23.9 Å². The van der Waals surface area contributed by atoms with Gasteiger partial charge in [0.25, 0.3) is 5.91 Å². The van der Waals surface area contributed by atoms with Crippen LogP contribution in [0, 0.1) is 6.92 Å². The van der Waals surface area contributed by atoms with Gasteiger partial charge < -0.3 is 10.1 Å². The van der Waals surface area contributed by atoms with Crippen molar-refractivity contribution < 1.29 is 9.53 Å². The Morgan fingerprint density at radius 3 is 2.55 bits per heavy atom. The summed E-state index contributed by atoms with van der Waals surface area (Å²) in [6, 6.07) is 7.23. The number of anilines is 1. The average molecular weight is 338 g/mol. The van der Waals surface area contributed by atoms with Crippen LogP contribution in [0.2, 0.25) is 0 Å². The minimum atomic E-state index is -0.246. The number of benzene rings is 1. The predicted octanol–water partition coefficient (Wildman–Crippen LogP) is 3.14. The number of nitrogens with one attached hydrogen (secondary N) is 1. The highest BCUT2D eigenvalue weighted by molar-refractivity contribution is 9.10. The molecule has 0 radical (unpaired) electrons. The number of carbonyl (C=O) groups excluding carboxylic acids is 1. The zero-order valence-corrected chi connectivity index (χ0v) is 13.2. The molecule has 1 aromatic carbocycles. The summed E-state index contributed by atoms with van der Waals surface area (Å²) >= 11 is 3.38. The standard InChI is InChI=1S/C14H16BrN3O2/c1-4-20-11-7-5-10(6-8-11)16-14(19)13-12(15)9(2)18(3)17-13/h5-8H,4H2,1-3H3,(H,16,19). The highest BCUT2D eigenvalue weighted by atomic mass is 79.9. The fourth-order valence-electron chi connectivity index (χ4n) is 1.72. The van der Waals surface area contributed by atoms with Crippen LogP contribution in [0.1, 0.15) is 23.1 Å². The fraction of sp³-hybridized carbons (Fsp3) is 0.286. The molecule has 20 heavy (non-hydrogen) atoms. The third-order valence-corrected chi connectivity index (χ3v) is 3.85. The van der Waals surface area contributed by atoms with E-state index < -0.39 is 0 Å². The smallest absolute Gasteiger partial charge is 0.277 e. The van der Waals surface area contributed by atoms with Crippen molar-refractivity contribution in [1.29, 1.82) is 0 Å². The van der Waals surface area contributed by atoms with Crippen LogP contribution in [0.5, 0.6) is 5.75 Å². The zero-order chi connectivity index (χ0) is 14.7. The first-order valence-corrected chi connectivity index (χ1v) is 7.05. The Morgan fingerprint density at radius 2 is 2.05 bits per heavy atom. The quantitative estimate of drug-likeness (QED) is 0.932. The molecule has 0 bridgehead atoms. The molecule has 106 valence electrons. The second-order valence-electron chi connectivity index (χ2n) is 4.28. The van der Waals surface area contributed by atoms with Crippen molar-refractivity contribution in [2.45, 2.75) is 13.8 Å². The van der Waals surface area contributed by atoms with Crippen LogP contribution in [0.15, 0.2) is 28.7 Å². The lowest BCUT2D eigenvalue weighted by Gasteiger charge is -2.06. The molecule has 0 atom stereocenters. The second-order valence-corrected chi connectivity index (χ2v) is 5.08. The van der Waals surface area contributed by atoms with E-state index in [0.29, 0.717) is 22.5 Å². The molecule has 0 spiro atoms. The van der Waals surface area contributed by atoms with Gasteiger partial charge in [0.1, 0.15) is 5.75 Å². The summed E-state index contributed by atoms with van der Waals surface area (Å²) in [5, 5.41) is 6.99. The number of aryl methyl sites for hydroxylation is 1. The van der Waals surface area contributed by atoms with Gasteiger partial charge in [-0.25, -0.2) is 0 Å². The number of hydrogen-bond donors (Lipinski definition) is 1. The molecule has 5 nitrogen and oxygen atoms in total. The molecular weight excluding hydrogens is 322 g/mol. The van der Waals surface area contributed by atoms with Crippen LogP contribution in [0.4, 0.5) is 5.69 Å². The maximum atomic E-state index is 12.2. The Morgan fingerprint density at radius 1 is 1.40 bits per heavy atom. The van der Waals surface area contributed by atoms with Crippen LogP contribution in [-0.2, 0) is 7.05 Å². The van der Waals surface area contributed by atoms with E-state index in [0.717, 1.165) is 11.4 Å². The van der Waals surface area contributed by atoms with Crippen LogP contribution >= 0.6 is 15.9 Å². The molecule has 0 fully saturated rings. The second kappa shape index (κ2) is 6.09. The van der Waals surface area contributed by atoms with Crippen molar-refractivity contribution in [3.8, 4) is 5.75 Å². The first-order valence-electron chi connectivity index (χ1n) is 6.26. The Labute approximate surface area is 126 Å². The maximum absolute atomic E-state index is 12.2. The van der Waals surface area contributed by atoms with E-state index in [1.807, 2.05) is 26.0 Å². The van der Waals surface area contributed by atoms with Gasteiger partial charge in [0.2, 0.25) is 0 Å². The lowest BCUT2D eigenvalue weighted by Crippen LogP contribution is -2.13. The van der Waals surface area contributed by atoms with Gasteiger partial charge in [-0.3, -0.25) is 9.48 Å². The fourth-order valence-corrected chi connectivity index (χ4v) is 2.23. The van der Waals surface area contributed by atoms with Gasteiger partial charge in [0.15, 0.2) is 5.69 Å². The highest BCUT2D eigenvalue weighted by Gasteiger charge is 2.17. The number of halogens is 1. The van der Waals surface area contributed by atoms with E-state index in [1.165, 1.54) is 0 Å². The van der Waals surface area contributed by atoms with E-state index in [2.05, 4.69) is 26.3 Å². The molecule has 2 rings (SSSR count). The molecule has 0 aliphatic rings. The molecule has 0 saturated heterocycles. The van der Waals surface area contributed by atoms with Gasteiger partial charge in [-0.1, -0.05) is 0 Å². The van der Waals surface area contributed by atoms with Gasteiger partial charge in [-0.15, -0.1) is 0 Å². The largest absolute Gasteiger partial charge is 0.494 e. The lowest BCUT2D eigenvalue weighted by molar-refractivity contribution is 0.102. The van der Waals surface area contributed by atoms with E-state index in [-0.39, 0.29) is 5.91 Å². The molecule has 2 aromatic rings. The van der Waals surface area contributed by atoms with Gasteiger partial charge in [-0.05, 0) is 54.0 Å². The predicted molar refractivity (Wildman–Crippen MR) is 81.2 cm³/mol. The first-order chi connectivity index (χ1) is 9.52. The first kappa shape index (κ1) is 14.6. The normalized spacial score (nSPS) is 10.4. The molecule has 0 aliphatic carbocycles. The van der Waals surface area contributed by atoms with Gasteiger partial charge >= 0.3 is 0 Å². The van der Waals surface area contributed by atoms with Crippen LogP contribution < -0.4 is 10.1 Å². The van der Waals surface area contributed by atoms with Crippen molar-refractivity contribution >= 4 is 27.5 Å². The summed E-state index contributed by atoms with van der Waals surface area (Å²) in [4.78, 5) is 12.2. The van der Waals surface area contributed by atoms with E-state index in [9.17, 15) is 4.79 Å². The summed E-state index contributed by atoms with van der Waals surface area (Å²) in [5.74, 6) is 0.532. The minimum absolute atomic E-state index is 0.246. The van der Waals surface area contributed by atoms with Crippen LogP contribution in [-0.4, -0.2) is 22.3 Å². The minimum Gasteiger partial charge on any atom is -0.494 e. The third-order valence-electron chi connectivity index (χ3n) is 2.90. The number of rotatable bonds is 4. The topological polar surface area (TPSA) is 56.1 Å². The van der Waals surface area contributed by atoms with Gasteiger partial charge in [0, 0.05) is 12.7 Å². The molecule has 1 aromatic heterocycles. The summed E-state index contributed by atoms with van der Waals surface area (Å²) < 4.78 is 7.73. The molecule has 1 amide bonds. The molecule has 0 unspecified atom stereocenters. The number of ether oxygens (including phenoxy) is 1. The van der Waals surface area contributed by atoms with Crippen molar-refractivity contribution in [3.05, 3.63) is 40.1 Å². The summed E-state index contributed by atoms with van der Waals surface area (Å²) in [7, 11) is 1.80. The summed E-state index contributed by atoms with van der Waals surface area (Å²) in [5.41, 5.74) is 1.98. The Bertz CT molecular complexity index is 620. The molecule has 0 saturated carbocycles. The van der Waals surface area contributed by atoms with E-state index >= 15 is 0 Å². The number of amides is 1. The van der Waals surface area contributed by atoms with E-state index in [4.69, 9.17) is 4.74 Å². The number of carbonyl (C=O) groups is 1. The third kappa shape index (κ3) is 3.01. The van der Waals surface area contributed by atoms with Crippen LogP contribution in [0.3, 0.4) is 0 Å². The average Bonchev–Trinajstić information content (AvgIpc) is 2.69. The SMILES string of the molecule is CCOc1ccc(NC(=O)c2nn(C)c(C)c2Br)cc1. The molecular formula is C14H16BrN3O2. The van der Waals surface area contributed by atoms with Crippen LogP contribution in [0.25, 0.3) is 0 Å². The maximum Gasteiger partial charge on any atom is 0.277 e. The van der Waals surface area contributed by atoms with Crippen molar-refractivity contribution in [3.63, 3.8) is 0 Å². The summed E-state index contributed by atoms with van der Waals surface area (Å²) in [6.07, 6.45) is 0. The monoisotopic (exact) mass is 337 g/mol. The number of hydrogen-bond acceptors (Lipinski definition) is 3. The Balaban J connectivity index is 2.13. The van der Waals surface area contributed by atoms with Crippen molar-refractivity contribution in [2.24, 2.45) is 7.05 Å². The number of nitrogens with zero attached hydrogens (tertiary/aromatic N) is 2. The van der Waals surface area contributed by atoms with Crippen molar-refractivity contribution in [2.75, 3.05) is 11.9 Å². The molecule has 6 heteroatoms. The number of aromatic nitrogens is 2. The van der Waals surface area contributed by atoms with Crippen molar-refractivity contribution in [1.82, 2.24) is 9.78 Å². The Kier molecular flexibility index (Phi) is 4.44. The highest BCUT2D eigenvalue weighted by Crippen LogP contribution is 2.22. The van der Waals surface area contributed by atoms with Gasteiger partial charge in [-0.2, -0.15) is 5.10 Å². The molecule has 1 N–H and O–H groups in total. The summed E-state index contributed by atoms with van der Waals surface area (Å²) in [6.45, 7) is 4.44. The lowest BCUT2D eigenvalue weighted by atomic mass is 10.3. The molecule has 1 heterocycles. The van der Waals surface area contributed by atoms with Gasteiger partial charge in [0.05, 0.1) is 16.8 Å². The zero-order valence-electron chi connectivity index (χ0n) is 11.6. The Hall–Kier alpha value is -1.82. The molecule has 0 aliphatic heterocycles.